The average Bonchev–Trinajstić information content (AvgIpc) is 2.68. The van der Waals surface area contributed by atoms with Crippen molar-refractivity contribution in [2.45, 2.75) is 20.3 Å². The summed E-state index contributed by atoms with van der Waals surface area (Å²) in [6.45, 7) is 3.83. The zero-order valence-corrected chi connectivity index (χ0v) is 15.2. The maximum Gasteiger partial charge on any atom is 0.274 e. The van der Waals surface area contributed by atoms with Gasteiger partial charge < -0.3 is 10.6 Å². The Kier molecular flexibility index (Phi) is 5.43. The van der Waals surface area contributed by atoms with Crippen molar-refractivity contribution >= 4 is 23.2 Å². The molecule has 6 heteroatoms. The monoisotopic (exact) mass is 357 g/mol. The van der Waals surface area contributed by atoms with Gasteiger partial charge in [-0.3, -0.25) is 4.79 Å². The van der Waals surface area contributed by atoms with Crippen LogP contribution in [0.4, 0.5) is 17.3 Å². The fraction of sp³-hybridized carbons (Fsp3) is 0.143. The van der Waals surface area contributed by atoms with E-state index in [2.05, 4.69) is 26.7 Å². The smallest absolute Gasteiger partial charge is 0.274 e. The van der Waals surface area contributed by atoms with Crippen LogP contribution in [0.1, 0.15) is 34.2 Å². The van der Waals surface area contributed by atoms with Gasteiger partial charge in [0.2, 0.25) is 5.95 Å². The Bertz CT molecular complexity index is 1020. The van der Waals surface area contributed by atoms with Gasteiger partial charge in [0.1, 0.15) is 11.8 Å². The third kappa shape index (κ3) is 4.28. The molecule has 0 saturated carbocycles. The zero-order chi connectivity index (χ0) is 19.2. The summed E-state index contributed by atoms with van der Waals surface area (Å²) in [5.41, 5.74) is 3.79. The molecule has 0 aliphatic rings. The van der Waals surface area contributed by atoms with Crippen LogP contribution in [0.25, 0.3) is 0 Å². The minimum atomic E-state index is -0.307. The van der Waals surface area contributed by atoms with E-state index in [1.807, 2.05) is 37.3 Å². The van der Waals surface area contributed by atoms with E-state index in [0.29, 0.717) is 16.9 Å². The molecule has 0 fully saturated rings. The normalized spacial score (nSPS) is 10.1. The van der Waals surface area contributed by atoms with Gasteiger partial charge in [-0.25, -0.2) is 9.97 Å². The molecular formula is C21H19N5O. The van der Waals surface area contributed by atoms with Crippen molar-refractivity contribution in [2.75, 3.05) is 10.6 Å². The number of aromatic nitrogens is 2. The van der Waals surface area contributed by atoms with Crippen LogP contribution in [0.15, 0.2) is 54.6 Å². The molecule has 0 atom stereocenters. The van der Waals surface area contributed by atoms with Crippen molar-refractivity contribution in [1.82, 2.24) is 9.97 Å². The molecule has 2 aromatic carbocycles. The predicted molar refractivity (Wildman–Crippen MR) is 105 cm³/mol. The van der Waals surface area contributed by atoms with E-state index in [0.717, 1.165) is 17.7 Å². The number of nitrogens with one attached hydrogen (secondary N) is 2. The first-order valence-corrected chi connectivity index (χ1v) is 8.61. The third-order valence-electron chi connectivity index (χ3n) is 4.03. The first kappa shape index (κ1) is 18.1. The van der Waals surface area contributed by atoms with E-state index in [4.69, 9.17) is 0 Å². The molecule has 3 aromatic rings. The second-order valence-corrected chi connectivity index (χ2v) is 5.97. The average molecular weight is 357 g/mol. The highest BCUT2D eigenvalue weighted by Crippen LogP contribution is 2.20. The summed E-state index contributed by atoms with van der Waals surface area (Å²) in [5, 5.41) is 15.1. The van der Waals surface area contributed by atoms with Crippen molar-refractivity contribution < 1.29 is 4.79 Å². The molecule has 3 rings (SSSR count). The number of nitrogens with zero attached hydrogens (tertiary/aromatic N) is 3. The van der Waals surface area contributed by atoms with Crippen molar-refractivity contribution in [3.05, 3.63) is 77.1 Å². The van der Waals surface area contributed by atoms with Crippen molar-refractivity contribution in [3.8, 4) is 6.07 Å². The molecule has 1 aromatic heterocycles. The van der Waals surface area contributed by atoms with E-state index < -0.39 is 0 Å². The van der Waals surface area contributed by atoms with E-state index in [1.54, 1.807) is 31.2 Å². The molecule has 1 amide bonds. The maximum atomic E-state index is 12.7. The molecule has 2 N–H and O–H groups in total. The van der Waals surface area contributed by atoms with Crippen LogP contribution in [0.2, 0.25) is 0 Å². The van der Waals surface area contributed by atoms with Gasteiger partial charge in [0.05, 0.1) is 11.3 Å². The zero-order valence-electron chi connectivity index (χ0n) is 15.2. The molecule has 27 heavy (non-hydrogen) atoms. The van der Waals surface area contributed by atoms with Crippen LogP contribution in [-0.2, 0) is 6.42 Å². The van der Waals surface area contributed by atoms with Crippen molar-refractivity contribution in [1.29, 1.82) is 5.26 Å². The molecule has 0 radical (unpaired) electrons. The molecule has 0 spiro atoms. The summed E-state index contributed by atoms with van der Waals surface area (Å²) in [7, 11) is 0. The van der Waals surface area contributed by atoms with Gasteiger partial charge in [0.15, 0.2) is 0 Å². The van der Waals surface area contributed by atoms with Crippen molar-refractivity contribution in [3.63, 3.8) is 0 Å². The Hall–Kier alpha value is -3.72. The number of anilines is 3. The lowest BCUT2D eigenvalue weighted by molar-refractivity contribution is 0.102. The number of benzene rings is 2. The molecule has 0 aliphatic carbocycles. The third-order valence-corrected chi connectivity index (χ3v) is 4.03. The molecule has 0 bridgehead atoms. The summed E-state index contributed by atoms with van der Waals surface area (Å²) in [6.07, 6.45) is 0.816. The standard InChI is InChI=1S/C21H19N5O/c1-3-15-8-4-6-10-17(15)24-20(27)19-12-14(2)23-21(26-19)25-18-11-7-5-9-16(18)13-22/h4-12H,3H2,1-2H3,(H,24,27)(H,23,25,26). The summed E-state index contributed by atoms with van der Waals surface area (Å²) in [6, 6.07) is 18.5. The lowest BCUT2D eigenvalue weighted by atomic mass is 10.1. The number of amides is 1. The van der Waals surface area contributed by atoms with Gasteiger partial charge in [-0.05, 0) is 43.2 Å². The van der Waals surface area contributed by atoms with Crippen LogP contribution >= 0.6 is 0 Å². The van der Waals surface area contributed by atoms with Crippen LogP contribution in [0.5, 0.6) is 0 Å². The van der Waals surface area contributed by atoms with Gasteiger partial charge >= 0.3 is 0 Å². The van der Waals surface area contributed by atoms with Crippen LogP contribution in [0.3, 0.4) is 0 Å². The molecule has 1 heterocycles. The molecule has 134 valence electrons. The maximum absolute atomic E-state index is 12.7. The number of rotatable bonds is 5. The summed E-state index contributed by atoms with van der Waals surface area (Å²) >= 11 is 0. The van der Waals surface area contributed by atoms with Gasteiger partial charge in [0.25, 0.3) is 5.91 Å². The van der Waals surface area contributed by atoms with Crippen LogP contribution in [0, 0.1) is 18.3 Å². The molecule has 0 unspecified atom stereocenters. The van der Waals surface area contributed by atoms with E-state index in [1.165, 1.54) is 0 Å². The Morgan fingerprint density at radius 3 is 2.52 bits per heavy atom. The highest BCUT2D eigenvalue weighted by Gasteiger charge is 2.13. The Morgan fingerprint density at radius 1 is 1.07 bits per heavy atom. The molecule has 6 nitrogen and oxygen atoms in total. The fourth-order valence-corrected chi connectivity index (χ4v) is 2.69. The van der Waals surface area contributed by atoms with Crippen molar-refractivity contribution in [2.24, 2.45) is 0 Å². The highest BCUT2D eigenvalue weighted by atomic mass is 16.1. The fourth-order valence-electron chi connectivity index (χ4n) is 2.69. The summed E-state index contributed by atoms with van der Waals surface area (Å²) in [5.74, 6) is -0.0374. The lowest BCUT2D eigenvalue weighted by Crippen LogP contribution is -2.16. The lowest BCUT2D eigenvalue weighted by Gasteiger charge is -2.11. The van der Waals surface area contributed by atoms with E-state index in [-0.39, 0.29) is 17.5 Å². The Balaban J connectivity index is 1.87. The quantitative estimate of drug-likeness (QED) is 0.713. The van der Waals surface area contributed by atoms with Crippen LogP contribution in [-0.4, -0.2) is 15.9 Å². The number of nitriles is 1. The first-order valence-electron chi connectivity index (χ1n) is 8.61. The first-order chi connectivity index (χ1) is 13.1. The predicted octanol–water partition coefficient (Wildman–Crippen LogP) is 4.22. The van der Waals surface area contributed by atoms with E-state index >= 15 is 0 Å². The summed E-state index contributed by atoms with van der Waals surface area (Å²) in [4.78, 5) is 21.3. The topological polar surface area (TPSA) is 90.7 Å². The minimum Gasteiger partial charge on any atom is -0.323 e. The van der Waals surface area contributed by atoms with Gasteiger partial charge in [-0.1, -0.05) is 37.3 Å². The second kappa shape index (κ2) is 8.11. The SMILES string of the molecule is CCc1ccccc1NC(=O)c1cc(C)nc(Nc2ccccc2C#N)n1. The van der Waals surface area contributed by atoms with Crippen LogP contribution < -0.4 is 10.6 Å². The largest absolute Gasteiger partial charge is 0.323 e. The number of para-hydroxylation sites is 2. The van der Waals surface area contributed by atoms with E-state index in [9.17, 15) is 10.1 Å². The number of carbonyl (C=O) groups excluding carboxylic acids is 1. The molecule has 0 aliphatic heterocycles. The molecule has 0 saturated heterocycles. The second-order valence-electron chi connectivity index (χ2n) is 5.97. The van der Waals surface area contributed by atoms with Gasteiger partial charge in [-0.2, -0.15) is 5.26 Å². The Labute approximate surface area is 157 Å². The molecular weight excluding hydrogens is 338 g/mol. The van der Waals surface area contributed by atoms with Gasteiger partial charge in [0, 0.05) is 11.4 Å². The minimum absolute atomic E-state index is 0.255. The van der Waals surface area contributed by atoms with Gasteiger partial charge in [-0.15, -0.1) is 0 Å². The number of hydrogen-bond acceptors (Lipinski definition) is 5. The summed E-state index contributed by atoms with van der Waals surface area (Å²) < 4.78 is 0. The highest BCUT2D eigenvalue weighted by molar-refractivity contribution is 6.03. The Morgan fingerprint density at radius 2 is 1.78 bits per heavy atom. The number of carbonyl (C=O) groups is 1. The number of aryl methyl sites for hydroxylation is 2. The number of hydrogen-bond donors (Lipinski definition) is 2.